The molecule has 4 N–H and O–H groups in total. The maximum atomic E-state index is 11.4. The first-order chi connectivity index (χ1) is 19.4. The lowest BCUT2D eigenvalue weighted by Gasteiger charge is -2.34. The molecule has 5 heterocycles. The third-order valence-corrected chi connectivity index (χ3v) is 7.50. The number of hydrogen-bond donors (Lipinski definition) is 3. The number of carbonyl (C=O) groups excluding carboxylic acids is 1. The van der Waals surface area contributed by atoms with Gasteiger partial charge >= 0.3 is 0 Å². The van der Waals surface area contributed by atoms with Crippen molar-refractivity contribution in [2.24, 2.45) is 0 Å². The molecule has 10 nitrogen and oxygen atoms in total. The molecule has 1 fully saturated rings. The van der Waals surface area contributed by atoms with Crippen LogP contribution >= 0.6 is 0 Å². The number of nitrogens with two attached hydrogens (primary N) is 1. The van der Waals surface area contributed by atoms with Crippen molar-refractivity contribution in [2.45, 2.75) is 12.5 Å². The first-order valence-corrected chi connectivity index (χ1v) is 13.2. The number of nitrogens with one attached hydrogen (secondary N) is 1. The van der Waals surface area contributed by atoms with E-state index in [1.54, 1.807) is 13.0 Å². The average Bonchev–Trinajstić information content (AvgIpc) is 3.41. The Hall–Kier alpha value is -4.67. The Morgan fingerprint density at radius 1 is 1.00 bits per heavy atom. The van der Waals surface area contributed by atoms with Crippen molar-refractivity contribution >= 4 is 29.1 Å². The van der Waals surface area contributed by atoms with Crippen LogP contribution in [0.15, 0.2) is 73.2 Å². The van der Waals surface area contributed by atoms with Gasteiger partial charge in [-0.15, -0.1) is 0 Å². The molecule has 1 aromatic carbocycles. The minimum Gasteiger partial charge on any atom is -0.379 e. The van der Waals surface area contributed by atoms with Gasteiger partial charge in [-0.05, 0) is 36.8 Å². The summed E-state index contributed by atoms with van der Waals surface area (Å²) in [5, 5.41) is 12.2. The fraction of sp³-hybridized carbons (Fsp3) is 0.233. The molecule has 10 heteroatoms. The standard InChI is InChI=1S/C30H30N8O2/c1-30(40,22-5-3-2-4-6-22)26-16-25(35-29(31)36-26)24-19-34-28-23(24)15-21(18-33-28)20-7-8-27(32-17-20)38-11-9-37(10-12-38)13-14-39/h2-8,14-19,40H,9-13H2,1H3,(H,33,34)(H2,31,35,36). The number of H-pyrrole nitrogens is 1. The van der Waals surface area contributed by atoms with Crippen LogP contribution in [0.25, 0.3) is 33.4 Å². The smallest absolute Gasteiger partial charge is 0.220 e. The number of aldehydes is 1. The lowest BCUT2D eigenvalue weighted by molar-refractivity contribution is -0.108. The van der Waals surface area contributed by atoms with E-state index in [-0.39, 0.29) is 5.95 Å². The maximum Gasteiger partial charge on any atom is 0.220 e. The quantitative estimate of drug-likeness (QED) is 0.269. The number of fused-ring (bicyclic) bond motifs is 1. The van der Waals surface area contributed by atoms with E-state index in [9.17, 15) is 9.90 Å². The van der Waals surface area contributed by atoms with Crippen molar-refractivity contribution in [3.63, 3.8) is 0 Å². The summed E-state index contributed by atoms with van der Waals surface area (Å²) in [6.07, 6.45) is 6.48. The van der Waals surface area contributed by atoms with Gasteiger partial charge in [0.05, 0.1) is 17.9 Å². The number of aromatic amines is 1. The van der Waals surface area contributed by atoms with Crippen molar-refractivity contribution in [1.29, 1.82) is 0 Å². The van der Waals surface area contributed by atoms with E-state index in [4.69, 9.17) is 10.7 Å². The van der Waals surface area contributed by atoms with Crippen LogP contribution in [0.5, 0.6) is 0 Å². The van der Waals surface area contributed by atoms with Gasteiger partial charge in [-0.1, -0.05) is 30.3 Å². The highest BCUT2D eigenvalue weighted by Crippen LogP contribution is 2.34. The Labute approximate surface area is 231 Å². The van der Waals surface area contributed by atoms with Gasteiger partial charge < -0.3 is 25.5 Å². The van der Waals surface area contributed by atoms with E-state index in [2.05, 4.69) is 35.8 Å². The Balaban J connectivity index is 1.30. The topological polar surface area (TPSA) is 137 Å². The molecule has 40 heavy (non-hydrogen) atoms. The zero-order valence-corrected chi connectivity index (χ0v) is 22.2. The highest BCUT2D eigenvalue weighted by Gasteiger charge is 2.29. The number of rotatable bonds is 7. The molecule has 0 saturated carbocycles. The molecule has 1 aliphatic rings. The van der Waals surface area contributed by atoms with E-state index in [0.717, 1.165) is 60.4 Å². The van der Waals surface area contributed by atoms with Crippen LogP contribution in [0, 0.1) is 0 Å². The van der Waals surface area contributed by atoms with Gasteiger partial charge in [-0.2, -0.15) is 0 Å². The number of nitrogens with zero attached hydrogens (tertiary/aromatic N) is 6. The summed E-state index contributed by atoms with van der Waals surface area (Å²) in [5.41, 5.74) is 9.85. The third kappa shape index (κ3) is 4.90. The second kappa shape index (κ2) is 10.5. The molecule has 1 aliphatic heterocycles. The first-order valence-electron chi connectivity index (χ1n) is 13.2. The Bertz CT molecular complexity index is 1640. The van der Waals surface area contributed by atoms with Crippen molar-refractivity contribution in [1.82, 2.24) is 29.8 Å². The van der Waals surface area contributed by atoms with Crippen molar-refractivity contribution < 1.29 is 9.90 Å². The van der Waals surface area contributed by atoms with Crippen LogP contribution < -0.4 is 10.6 Å². The molecule has 0 bridgehead atoms. The summed E-state index contributed by atoms with van der Waals surface area (Å²) in [5.74, 6) is 0.995. The normalized spacial score (nSPS) is 15.7. The van der Waals surface area contributed by atoms with Gasteiger partial charge in [0.25, 0.3) is 0 Å². The fourth-order valence-electron chi connectivity index (χ4n) is 5.15. The van der Waals surface area contributed by atoms with Crippen LogP contribution in [-0.2, 0) is 10.4 Å². The Kier molecular flexibility index (Phi) is 6.71. The maximum absolute atomic E-state index is 11.4. The van der Waals surface area contributed by atoms with Gasteiger partial charge in [0, 0.05) is 66.8 Å². The largest absolute Gasteiger partial charge is 0.379 e. The number of nitrogen functional groups attached to an aromatic ring is 1. The van der Waals surface area contributed by atoms with Crippen LogP contribution in [0.3, 0.4) is 0 Å². The molecule has 0 spiro atoms. The fourth-order valence-corrected chi connectivity index (χ4v) is 5.15. The Morgan fingerprint density at radius 3 is 2.50 bits per heavy atom. The SMILES string of the molecule is CC(O)(c1ccccc1)c1cc(-c2c[nH]c3ncc(-c4ccc(N5CCN(CC=O)CC5)nc4)cc23)nc(N)n1. The number of aliphatic hydroxyl groups is 1. The highest BCUT2D eigenvalue weighted by molar-refractivity contribution is 5.95. The summed E-state index contributed by atoms with van der Waals surface area (Å²) in [4.78, 5) is 36.6. The molecule has 1 unspecified atom stereocenters. The predicted molar refractivity (Wildman–Crippen MR) is 155 cm³/mol. The van der Waals surface area contributed by atoms with Crippen LogP contribution in [0.1, 0.15) is 18.2 Å². The summed E-state index contributed by atoms with van der Waals surface area (Å²) in [6, 6.07) is 17.2. The lowest BCUT2D eigenvalue weighted by atomic mass is 9.91. The molecule has 0 radical (unpaired) electrons. The van der Waals surface area contributed by atoms with Crippen molar-refractivity contribution in [3.05, 3.63) is 84.4 Å². The molecule has 1 atom stereocenters. The van der Waals surface area contributed by atoms with E-state index in [1.807, 2.05) is 61.1 Å². The number of benzene rings is 1. The van der Waals surface area contributed by atoms with Crippen molar-refractivity contribution in [3.8, 4) is 22.4 Å². The monoisotopic (exact) mass is 534 g/mol. The molecule has 1 saturated heterocycles. The number of carbonyl (C=O) groups is 1. The third-order valence-electron chi connectivity index (χ3n) is 7.50. The molecule has 0 amide bonds. The van der Waals surface area contributed by atoms with Gasteiger partial charge in [0.1, 0.15) is 23.4 Å². The number of aromatic nitrogens is 5. The minimum atomic E-state index is -1.35. The second-order valence-electron chi connectivity index (χ2n) is 10.1. The van der Waals surface area contributed by atoms with Gasteiger partial charge in [0.2, 0.25) is 5.95 Å². The molecular weight excluding hydrogens is 504 g/mol. The first kappa shape index (κ1) is 25.6. The molecule has 5 aromatic rings. The molecular formula is C30H30N8O2. The van der Waals surface area contributed by atoms with Crippen molar-refractivity contribution in [2.75, 3.05) is 43.4 Å². The molecule has 0 aliphatic carbocycles. The van der Waals surface area contributed by atoms with Gasteiger partial charge in [-0.25, -0.2) is 19.9 Å². The average molecular weight is 535 g/mol. The minimum absolute atomic E-state index is 0.0777. The summed E-state index contributed by atoms with van der Waals surface area (Å²) in [7, 11) is 0. The van der Waals surface area contributed by atoms with E-state index < -0.39 is 5.60 Å². The number of anilines is 2. The molecule has 4 aromatic heterocycles. The zero-order valence-electron chi connectivity index (χ0n) is 22.2. The summed E-state index contributed by atoms with van der Waals surface area (Å²) < 4.78 is 0. The van der Waals surface area contributed by atoms with E-state index in [1.165, 1.54) is 0 Å². The molecule has 6 rings (SSSR count). The number of hydrogen-bond acceptors (Lipinski definition) is 9. The predicted octanol–water partition coefficient (Wildman–Crippen LogP) is 3.24. The van der Waals surface area contributed by atoms with Gasteiger partial charge in [0.15, 0.2) is 0 Å². The molecule has 202 valence electrons. The summed E-state index contributed by atoms with van der Waals surface area (Å²) in [6.45, 7) is 5.53. The summed E-state index contributed by atoms with van der Waals surface area (Å²) >= 11 is 0. The number of pyridine rings is 2. The number of piperazine rings is 1. The highest BCUT2D eigenvalue weighted by atomic mass is 16.3. The van der Waals surface area contributed by atoms with E-state index in [0.29, 0.717) is 29.1 Å². The zero-order chi connectivity index (χ0) is 27.7. The van der Waals surface area contributed by atoms with E-state index >= 15 is 0 Å². The van der Waals surface area contributed by atoms with Gasteiger partial charge in [-0.3, -0.25) is 4.90 Å². The van der Waals surface area contributed by atoms with Crippen LogP contribution in [-0.4, -0.2) is 73.9 Å². The van der Waals surface area contributed by atoms with Crippen LogP contribution in [0.2, 0.25) is 0 Å². The lowest BCUT2D eigenvalue weighted by Crippen LogP contribution is -2.47. The second-order valence-corrected chi connectivity index (χ2v) is 10.1. The Morgan fingerprint density at radius 2 is 1.77 bits per heavy atom. The van der Waals surface area contributed by atoms with Crippen LogP contribution in [0.4, 0.5) is 11.8 Å².